The summed E-state index contributed by atoms with van der Waals surface area (Å²) in [6.07, 6.45) is 0.211. The van der Waals surface area contributed by atoms with Crippen LogP contribution < -0.4 is 10.6 Å². The van der Waals surface area contributed by atoms with Gasteiger partial charge in [0.15, 0.2) is 8.32 Å². The fourth-order valence-corrected chi connectivity index (χ4v) is 5.67. The molecular weight excluding hydrogens is 544 g/mol. The van der Waals surface area contributed by atoms with E-state index in [4.69, 9.17) is 13.9 Å². The molecule has 0 saturated heterocycles. The number of amides is 2. The van der Waals surface area contributed by atoms with Gasteiger partial charge >= 0.3 is 12.2 Å². The Morgan fingerprint density at radius 2 is 1.12 bits per heavy atom. The number of ether oxygens (including phenoxy) is 2. The van der Waals surface area contributed by atoms with Gasteiger partial charge in [0.05, 0.1) is 12.1 Å². The molecule has 2 rings (SSSR count). The van der Waals surface area contributed by atoms with Crippen molar-refractivity contribution in [3.05, 3.63) is 71.8 Å². The maximum atomic E-state index is 13.2. The van der Waals surface area contributed by atoms with Crippen LogP contribution in [0.1, 0.15) is 79.9 Å². The molecule has 0 fully saturated rings. The Hall–Kier alpha value is -2.84. The topological polar surface area (TPSA) is 85.9 Å². The lowest BCUT2D eigenvalue weighted by Crippen LogP contribution is -2.55. The van der Waals surface area contributed by atoms with E-state index in [1.165, 1.54) is 0 Å². The van der Waals surface area contributed by atoms with Crippen molar-refractivity contribution in [2.75, 3.05) is 0 Å². The van der Waals surface area contributed by atoms with Crippen molar-refractivity contribution in [3.8, 4) is 0 Å². The molecule has 42 heavy (non-hydrogen) atoms. The summed E-state index contributed by atoms with van der Waals surface area (Å²) in [7, 11) is -2.32. The van der Waals surface area contributed by atoms with E-state index in [2.05, 4.69) is 44.5 Å². The average Bonchev–Trinajstić information content (AvgIpc) is 2.81. The summed E-state index contributed by atoms with van der Waals surface area (Å²) in [5.74, 6) is 0. The van der Waals surface area contributed by atoms with Crippen LogP contribution in [0.2, 0.25) is 18.1 Å². The van der Waals surface area contributed by atoms with Crippen molar-refractivity contribution in [2.45, 2.75) is 129 Å². The second kappa shape index (κ2) is 14.6. The van der Waals surface area contributed by atoms with Gasteiger partial charge in [-0.25, -0.2) is 9.59 Å². The van der Waals surface area contributed by atoms with Crippen LogP contribution in [0.25, 0.3) is 0 Å². The summed E-state index contributed by atoms with van der Waals surface area (Å²) < 4.78 is 18.4. The molecule has 3 atom stereocenters. The molecule has 0 spiro atoms. The minimum atomic E-state index is -2.32. The molecule has 2 aromatic carbocycles. The Bertz CT molecular complexity index is 1120. The van der Waals surface area contributed by atoms with Crippen molar-refractivity contribution >= 4 is 20.5 Å². The molecule has 0 unspecified atom stereocenters. The number of nitrogens with one attached hydrogen (secondary N) is 2. The SMILES string of the molecule is CC(C)(C)OC(=O)N[C@@H](Cc1ccccc1)C[C@H](O[Si](C)(C)C(C)(C)C)[C@H](Cc1ccccc1)NC(=O)OC(C)(C)C. The normalized spacial score (nSPS) is 14.8. The molecule has 234 valence electrons. The first-order valence-corrected chi connectivity index (χ1v) is 17.9. The highest BCUT2D eigenvalue weighted by Gasteiger charge is 2.42. The smallest absolute Gasteiger partial charge is 0.407 e. The van der Waals surface area contributed by atoms with Crippen molar-refractivity contribution in [1.29, 1.82) is 0 Å². The second-order valence-corrected chi connectivity index (χ2v) is 19.4. The van der Waals surface area contributed by atoms with Crippen molar-refractivity contribution < 1.29 is 23.5 Å². The number of carbonyl (C=O) groups is 2. The van der Waals surface area contributed by atoms with Gasteiger partial charge in [-0.05, 0) is 90.1 Å². The molecule has 0 heterocycles. The van der Waals surface area contributed by atoms with E-state index in [1.807, 2.05) is 102 Å². The van der Waals surface area contributed by atoms with Crippen LogP contribution in [-0.4, -0.2) is 49.9 Å². The molecule has 0 aliphatic rings. The van der Waals surface area contributed by atoms with Crippen LogP contribution in [0.5, 0.6) is 0 Å². The summed E-state index contributed by atoms with van der Waals surface area (Å²) in [6.45, 7) is 22.1. The highest BCUT2D eigenvalue weighted by atomic mass is 28.4. The molecular formula is C34H54N2O5Si. The van der Waals surface area contributed by atoms with Crippen LogP contribution in [0.4, 0.5) is 9.59 Å². The monoisotopic (exact) mass is 598 g/mol. The van der Waals surface area contributed by atoms with Crippen molar-refractivity contribution in [3.63, 3.8) is 0 Å². The number of benzene rings is 2. The van der Waals surface area contributed by atoms with Gasteiger partial charge in [0.25, 0.3) is 0 Å². The molecule has 0 bridgehead atoms. The van der Waals surface area contributed by atoms with Crippen LogP contribution in [0.3, 0.4) is 0 Å². The number of hydrogen-bond acceptors (Lipinski definition) is 5. The minimum Gasteiger partial charge on any atom is -0.444 e. The number of carbonyl (C=O) groups excluding carboxylic acids is 2. The number of alkyl carbamates (subject to hydrolysis) is 2. The predicted octanol–water partition coefficient (Wildman–Crippen LogP) is 8.04. The first-order valence-electron chi connectivity index (χ1n) is 15.0. The largest absolute Gasteiger partial charge is 0.444 e. The van der Waals surface area contributed by atoms with Gasteiger partial charge in [0, 0.05) is 6.04 Å². The Morgan fingerprint density at radius 3 is 1.55 bits per heavy atom. The lowest BCUT2D eigenvalue weighted by molar-refractivity contribution is 0.0380. The van der Waals surface area contributed by atoms with Crippen molar-refractivity contribution in [2.24, 2.45) is 0 Å². The summed E-state index contributed by atoms with van der Waals surface area (Å²) in [5.41, 5.74) is 0.879. The van der Waals surface area contributed by atoms with Gasteiger partial charge in [-0.3, -0.25) is 0 Å². The Morgan fingerprint density at radius 1 is 0.690 bits per heavy atom. The highest BCUT2D eigenvalue weighted by Crippen LogP contribution is 2.38. The first kappa shape index (κ1) is 35.4. The zero-order valence-corrected chi connectivity index (χ0v) is 28.7. The minimum absolute atomic E-state index is 0.0675. The van der Waals surface area contributed by atoms with E-state index < -0.39 is 43.9 Å². The summed E-state index contributed by atoms with van der Waals surface area (Å²) in [6, 6.07) is 19.4. The molecule has 8 heteroatoms. The van der Waals surface area contributed by atoms with E-state index in [1.54, 1.807) is 0 Å². The lowest BCUT2D eigenvalue weighted by Gasteiger charge is -2.42. The Kier molecular flexibility index (Phi) is 12.3. The number of rotatable bonds is 11. The molecule has 0 aliphatic heterocycles. The third kappa shape index (κ3) is 13.0. The van der Waals surface area contributed by atoms with Gasteiger partial charge in [-0.15, -0.1) is 0 Å². The summed E-state index contributed by atoms with van der Waals surface area (Å²) in [4.78, 5) is 26.2. The third-order valence-corrected chi connectivity index (χ3v) is 11.8. The van der Waals surface area contributed by atoms with Crippen LogP contribution >= 0.6 is 0 Å². The van der Waals surface area contributed by atoms with Gasteiger partial charge in [-0.1, -0.05) is 81.4 Å². The van der Waals surface area contributed by atoms with Gasteiger partial charge in [0.1, 0.15) is 11.2 Å². The Balaban J connectivity index is 2.53. The third-order valence-electron chi connectivity index (χ3n) is 7.26. The van der Waals surface area contributed by atoms with Crippen LogP contribution in [0.15, 0.2) is 60.7 Å². The Labute approximate surface area is 255 Å². The van der Waals surface area contributed by atoms with E-state index in [9.17, 15) is 9.59 Å². The zero-order valence-electron chi connectivity index (χ0n) is 27.7. The first-order chi connectivity index (χ1) is 19.2. The van der Waals surface area contributed by atoms with Crippen LogP contribution in [-0.2, 0) is 26.7 Å². The molecule has 7 nitrogen and oxygen atoms in total. The van der Waals surface area contributed by atoms with Gasteiger partial charge in [-0.2, -0.15) is 0 Å². The lowest BCUT2D eigenvalue weighted by atomic mass is 9.93. The molecule has 2 aromatic rings. The molecule has 0 aromatic heterocycles. The van der Waals surface area contributed by atoms with E-state index in [-0.39, 0.29) is 11.1 Å². The van der Waals surface area contributed by atoms with Crippen molar-refractivity contribution in [1.82, 2.24) is 10.6 Å². The molecule has 0 radical (unpaired) electrons. The molecule has 0 saturated carbocycles. The summed E-state index contributed by atoms with van der Waals surface area (Å²) in [5, 5.41) is 6.20. The molecule has 2 amide bonds. The van der Waals surface area contributed by atoms with Crippen LogP contribution in [0, 0.1) is 0 Å². The predicted molar refractivity (Wildman–Crippen MR) is 173 cm³/mol. The van der Waals surface area contributed by atoms with E-state index in [0.717, 1.165) is 11.1 Å². The van der Waals surface area contributed by atoms with E-state index in [0.29, 0.717) is 19.3 Å². The second-order valence-electron chi connectivity index (χ2n) is 14.6. The maximum Gasteiger partial charge on any atom is 0.407 e. The quantitative estimate of drug-likeness (QED) is 0.256. The zero-order chi connectivity index (χ0) is 31.8. The highest BCUT2D eigenvalue weighted by molar-refractivity contribution is 6.74. The van der Waals surface area contributed by atoms with Gasteiger partial charge in [0.2, 0.25) is 0 Å². The fraction of sp³-hybridized carbons (Fsp3) is 0.588. The maximum absolute atomic E-state index is 13.2. The standard InChI is InChI=1S/C34H54N2O5Si/c1-32(2,3)39-30(37)35-27(22-25-18-14-12-15-19-25)24-29(41-42(10,11)34(7,8)9)28(23-26-20-16-13-17-21-26)36-31(38)40-33(4,5)6/h12-21,27-29H,22-24H2,1-11H3,(H,35,37)(H,36,38)/t27-,28-,29-/m0/s1. The molecule has 2 N–H and O–H groups in total. The number of hydrogen-bond donors (Lipinski definition) is 2. The van der Waals surface area contributed by atoms with E-state index >= 15 is 0 Å². The fourth-order valence-electron chi connectivity index (χ4n) is 4.30. The average molecular weight is 599 g/mol. The molecule has 0 aliphatic carbocycles. The van der Waals surface area contributed by atoms with Gasteiger partial charge < -0.3 is 24.5 Å². The summed E-state index contributed by atoms with van der Waals surface area (Å²) >= 11 is 0.